The number of furan rings is 1. The van der Waals surface area contributed by atoms with Gasteiger partial charge < -0.3 is 14.5 Å². The van der Waals surface area contributed by atoms with E-state index in [1.165, 1.54) is 14.0 Å². The summed E-state index contributed by atoms with van der Waals surface area (Å²) >= 11 is 0. The third-order valence-electron chi connectivity index (χ3n) is 3.81. The number of carbonyl (C=O) groups is 3. The maximum absolute atomic E-state index is 11.9. The largest absolute Gasteiger partial charge is 0.466 e. The molecule has 0 bridgehead atoms. The number of hydrogen-bond acceptors (Lipinski definition) is 5. The van der Waals surface area contributed by atoms with Crippen molar-refractivity contribution in [1.29, 1.82) is 0 Å². The molecule has 0 saturated heterocycles. The highest BCUT2D eigenvalue weighted by molar-refractivity contribution is 5.95. The predicted octanol–water partition coefficient (Wildman–Crippen LogP) is 2.83. The highest BCUT2D eigenvalue weighted by Gasteiger charge is 2.12. The number of esters is 1. The zero-order valence-corrected chi connectivity index (χ0v) is 14.5. The second-order valence-corrected chi connectivity index (χ2v) is 5.70. The first-order chi connectivity index (χ1) is 11.9. The molecule has 6 nitrogen and oxygen atoms in total. The third kappa shape index (κ3) is 5.04. The van der Waals surface area contributed by atoms with Crippen molar-refractivity contribution < 1.29 is 23.5 Å². The molecule has 0 atom stereocenters. The van der Waals surface area contributed by atoms with Gasteiger partial charge in [0.15, 0.2) is 5.78 Å². The van der Waals surface area contributed by atoms with Crippen LogP contribution < -0.4 is 5.32 Å². The fourth-order valence-corrected chi connectivity index (χ4v) is 2.42. The minimum absolute atomic E-state index is 0.0487. The van der Waals surface area contributed by atoms with Crippen molar-refractivity contribution in [3.63, 3.8) is 0 Å². The summed E-state index contributed by atoms with van der Waals surface area (Å²) in [5.41, 5.74) is 1.90. The van der Waals surface area contributed by atoms with Crippen LogP contribution >= 0.6 is 0 Å². The summed E-state index contributed by atoms with van der Waals surface area (Å²) in [5.74, 6) is 0.644. The molecule has 0 saturated carbocycles. The Morgan fingerprint density at radius 3 is 2.40 bits per heavy atom. The van der Waals surface area contributed by atoms with Crippen LogP contribution in [0.4, 0.5) is 0 Å². The highest BCUT2D eigenvalue weighted by Crippen LogP contribution is 2.16. The first-order valence-corrected chi connectivity index (χ1v) is 7.95. The number of nitrogens with one attached hydrogen (secondary N) is 1. The number of hydrogen-bond donors (Lipinski definition) is 1. The number of aryl methyl sites for hydroxylation is 2. The fourth-order valence-electron chi connectivity index (χ4n) is 2.42. The molecule has 0 radical (unpaired) electrons. The summed E-state index contributed by atoms with van der Waals surface area (Å²) in [5, 5.41) is 2.81. The van der Waals surface area contributed by atoms with E-state index in [4.69, 9.17) is 4.42 Å². The molecule has 1 aromatic heterocycles. The van der Waals surface area contributed by atoms with Gasteiger partial charge in [-0.3, -0.25) is 9.59 Å². The van der Waals surface area contributed by atoms with Gasteiger partial charge in [0.05, 0.1) is 18.2 Å². The summed E-state index contributed by atoms with van der Waals surface area (Å²) < 4.78 is 10.1. The Morgan fingerprint density at radius 2 is 1.84 bits per heavy atom. The number of carbonyl (C=O) groups excluding carboxylic acids is 3. The lowest BCUT2D eigenvalue weighted by atomic mass is 10.1. The Hall–Kier alpha value is -2.89. The van der Waals surface area contributed by atoms with Crippen molar-refractivity contribution in [2.45, 2.75) is 33.2 Å². The van der Waals surface area contributed by atoms with E-state index in [1.807, 2.05) is 0 Å². The van der Waals surface area contributed by atoms with Gasteiger partial charge in [0.25, 0.3) is 0 Å². The molecular formula is C19H21NO5. The minimum Gasteiger partial charge on any atom is -0.466 e. The lowest BCUT2D eigenvalue weighted by molar-refractivity contribution is -0.121. The standard InChI is InChI=1S/C19H21NO5/c1-12(21)17-10-16(25-13(17)2)8-9-18(22)20-11-14-4-6-15(7-5-14)19(23)24-3/h4-7,10H,8-9,11H2,1-3H3,(H,20,22). The van der Waals surface area contributed by atoms with Gasteiger partial charge in [-0.15, -0.1) is 0 Å². The molecule has 1 amide bonds. The number of methoxy groups -OCH3 is 1. The van der Waals surface area contributed by atoms with Gasteiger partial charge in [-0.2, -0.15) is 0 Å². The lowest BCUT2D eigenvalue weighted by Crippen LogP contribution is -2.23. The van der Waals surface area contributed by atoms with Crippen LogP contribution in [0.2, 0.25) is 0 Å². The number of ketones is 1. The van der Waals surface area contributed by atoms with Crippen LogP contribution in [-0.4, -0.2) is 24.8 Å². The van der Waals surface area contributed by atoms with Gasteiger partial charge in [-0.05, 0) is 37.6 Å². The molecule has 1 heterocycles. The quantitative estimate of drug-likeness (QED) is 0.617. The molecule has 132 valence electrons. The molecule has 2 aromatic rings. The molecule has 0 unspecified atom stereocenters. The van der Waals surface area contributed by atoms with E-state index in [2.05, 4.69) is 10.1 Å². The smallest absolute Gasteiger partial charge is 0.337 e. The maximum Gasteiger partial charge on any atom is 0.337 e. The van der Waals surface area contributed by atoms with E-state index in [0.29, 0.717) is 35.6 Å². The van der Waals surface area contributed by atoms with Crippen molar-refractivity contribution in [3.05, 3.63) is 58.5 Å². The Bertz CT molecular complexity index is 774. The summed E-state index contributed by atoms with van der Waals surface area (Å²) in [6.07, 6.45) is 0.700. The molecule has 25 heavy (non-hydrogen) atoms. The first kappa shape index (κ1) is 18.4. The summed E-state index contributed by atoms with van der Waals surface area (Å²) in [6.45, 7) is 3.59. The van der Waals surface area contributed by atoms with E-state index in [1.54, 1.807) is 37.3 Å². The van der Waals surface area contributed by atoms with Gasteiger partial charge in [0.2, 0.25) is 5.91 Å². The monoisotopic (exact) mass is 343 g/mol. The average molecular weight is 343 g/mol. The first-order valence-electron chi connectivity index (χ1n) is 7.95. The van der Waals surface area contributed by atoms with Crippen LogP contribution in [0, 0.1) is 6.92 Å². The lowest BCUT2D eigenvalue weighted by Gasteiger charge is -2.06. The van der Waals surface area contributed by atoms with E-state index >= 15 is 0 Å². The van der Waals surface area contributed by atoms with Crippen LogP contribution in [0.3, 0.4) is 0 Å². The molecule has 0 aliphatic heterocycles. The molecular weight excluding hydrogens is 322 g/mol. The van der Waals surface area contributed by atoms with E-state index in [-0.39, 0.29) is 18.1 Å². The SMILES string of the molecule is COC(=O)c1ccc(CNC(=O)CCc2cc(C(C)=O)c(C)o2)cc1. The van der Waals surface area contributed by atoms with Gasteiger partial charge in [-0.1, -0.05) is 12.1 Å². The van der Waals surface area contributed by atoms with Crippen LogP contribution in [0.15, 0.2) is 34.7 Å². The molecule has 0 aliphatic carbocycles. The van der Waals surface area contributed by atoms with Crippen molar-refractivity contribution in [1.82, 2.24) is 5.32 Å². The molecule has 2 rings (SSSR count). The van der Waals surface area contributed by atoms with Crippen molar-refractivity contribution >= 4 is 17.7 Å². The van der Waals surface area contributed by atoms with E-state index < -0.39 is 5.97 Å². The summed E-state index contributed by atoms with van der Waals surface area (Å²) in [6, 6.07) is 8.53. The summed E-state index contributed by atoms with van der Waals surface area (Å²) in [7, 11) is 1.33. The minimum atomic E-state index is -0.394. The highest BCUT2D eigenvalue weighted by atomic mass is 16.5. The number of amides is 1. The van der Waals surface area contributed by atoms with Gasteiger partial charge in [-0.25, -0.2) is 4.79 Å². The van der Waals surface area contributed by atoms with E-state index in [0.717, 1.165) is 5.56 Å². The van der Waals surface area contributed by atoms with Crippen LogP contribution in [0.1, 0.15) is 51.1 Å². The van der Waals surface area contributed by atoms with Crippen LogP contribution in [0.25, 0.3) is 0 Å². The summed E-state index contributed by atoms with van der Waals surface area (Å²) in [4.78, 5) is 34.7. The Kier molecular flexibility index (Phi) is 6.11. The fraction of sp³-hybridized carbons (Fsp3) is 0.316. The number of benzene rings is 1. The van der Waals surface area contributed by atoms with E-state index in [9.17, 15) is 14.4 Å². The molecule has 0 spiro atoms. The normalized spacial score (nSPS) is 10.4. The topological polar surface area (TPSA) is 85.6 Å². The Balaban J connectivity index is 1.81. The number of ether oxygens (including phenoxy) is 1. The van der Waals surface area contributed by atoms with Gasteiger partial charge in [0.1, 0.15) is 11.5 Å². The zero-order valence-electron chi connectivity index (χ0n) is 14.5. The molecule has 6 heteroatoms. The third-order valence-corrected chi connectivity index (χ3v) is 3.81. The second-order valence-electron chi connectivity index (χ2n) is 5.70. The van der Waals surface area contributed by atoms with Crippen molar-refractivity contribution in [3.8, 4) is 0 Å². The van der Waals surface area contributed by atoms with Crippen molar-refractivity contribution in [2.75, 3.05) is 7.11 Å². The maximum atomic E-state index is 11.9. The molecule has 1 N–H and O–H groups in total. The molecule has 1 aromatic carbocycles. The number of rotatable bonds is 7. The van der Waals surface area contributed by atoms with Gasteiger partial charge >= 0.3 is 5.97 Å². The van der Waals surface area contributed by atoms with Crippen LogP contribution in [0.5, 0.6) is 0 Å². The number of Topliss-reactive ketones (excluding diaryl/α,β-unsaturated/α-hetero) is 1. The van der Waals surface area contributed by atoms with Gasteiger partial charge in [0, 0.05) is 19.4 Å². The Labute approximate surface area is 146 Å². The molecule has 0 fully saturated rings. The predicted molar refractivity (Wildman–Crippen MR) is 91.4 cm³/mol. The Morgan fingerprint density at radius 1 is 1.16 bits per heavy atom. The average Bonchev–Trinajstić information content (AvgIpc) is 2.99. The zero-order chi connectivity index (χ0) is 18.4. The second kappa shape index (κ2) is 8.28. The van der Waals surface area contributed by atoms with Crippen molar-refractivity contribution in [2.24, 2.45) is 0 Å². The van der Waals surface area contributed by atoms with Crippen LogP contribution in [-0.2, 0) is 22.5 Å². The molecule has 0 aliphatic rings.